The molecule has 2 rings (SSSR count). The van der Waals surface area contributed by atoms with E-state index in [1.165, 1.54) is 18.3 Å². The summed E-state index contributed by atoms with van der Waals surface area (Å²) in [6.45, 7) is 4.69. The summed E-state index contributed by atoms with van der Waals surface area (Å²) in [5.74, 6) is -0.234. The molecule has 1 aromatic carbocycles. The number of hydrogen-bond acceptors (Lipinski definition) is 3. The molecule has 0 fully saturated rings. The molecule has 22 heavy (non-hydrogen) atoms. The molecule has 1 aliphatic rings. The molecule has 0 saturated heterocycles. The Morgan fingerprint density at radius 2 is 2.27 bits per heavy atom. The molecular weight excluding hydrogens is 281 g/mol. The van der Waals surface area contributed by atoms with Gasteiger partial charge in [0.15, 0.2) is 0 Å². The number of carbonyl (C=O) groups excluding carboxylic acids is 1. The predicted octanol–water partition coefficient (Wildman–Crippen LogP) is 2.39. The molecule has 118 valence electrons. The van der Waals surface area contributed by atoms with Crippen molar-refractivity contribution in [3.63, 3.8) is 0 Å². The van der Waals surface area contributed by atoms with E-state index < -0.39 is 0 Å². The van der Waals surface area contributed by atoms with Gasteiger partial charge in [-0.1, -0.05) is 19.9 Å². The van der Waals surface area contributed by atoms with Crippen molar-refractivity contribution in [2.75, 3.05) is 13.6 Å². The lowest BCUT2D eigenvalue weighted by atomic mass is 9.89. The van der Waals surface area contributed by atoms with Gasteiger partial charge in [0.05, 0.1) is 6.04 Å². The van der Waals surface area contributed by atoms with Gasteiger partial charge in [-0.05, 0) is 30.0 Å². The van der Waals surface area contributed by atoms with E-state index in [1.54, 1.807) is 24.2 Å². The molecule has 0 saturated carbocycles. The van der Waals surface area contributed by atoms with E-state index >= 15 is 0 Å². The number of carbonyl (C=O) groups is 1. The van der Waals surface area contributed by atoms with Crippen LogP contribution in [0.3, 0.4) is 0 Å². The summed E-state index contributed by atoms with van der Waals surface area (Å²) in [5, 5.41) is 0. The number of nitrogens with zero attached hydrogens (tertiary/aromatic N) is 2. The van der Waals surface area contributed by atoms with Crippen molar-refractivity contribution >= 4 is 12.1 Å². The lowest BCUT2D eigenvalue weighted by Gasteiger charge is -2.38. The maximum atomic E-state index is 13.5. The van der Waals surface area contributed by atoms with Gasteiger partial charge in [0.2, 0.25) is 0 Å². The van der Waals surface area contributed by atoms with Crippen LogP contribution in [0.5, 0.6) is 0 Å². The number of nitrogens with two attached hydrogens (primary N) is 1. The number of aliphatic imine (C=N–C) groups is 1. The Bertz CT molecular complexity index is 622. The maximum absolute atomic E-state index is 13.5. The third-order valence-corrected chi connectivity index (χ3v) is 3.77. The van der Waals surface area contributed by atoms with Crippen LogP contribution in [0.1, 0.15) is 29.8 Å². The van der Waals surface area contributed by atoms with E-state index in [1.807, 2.05) is 13.8 Å². The minimum absolute atomic E-state index is 0.150. The number of fused-ring (bicyclic) bond motifs is 1. The summed E-state index contributed by atoms with van der Waals surface area (Å²) in [4.78, 5) is 18.6. The Morgan fingerprint density at radius 3 is 2.86 bits per heavy atom. The Labute approximate surface area is 130 Å². The molecule has 0 unspecified atom stereocenters. The van der Waals surface area contributed by atoms with E-state index in [4.69, 9.17) is 5.73 Å². The standard InChI is InChI=1S/C17H22FN3O/c1-11(2)10-21-16(13(8-19)9-20-3)6-12-4-5-14(18)7-15(12)17(21)22/h4-5,7-9,11,16H,6,10,19H2,1-3H3/t16-/m0/s1. The molecule has 1 amide bonds. The Hall–Kier alpha value is -2.17. The van der Waals surface area contributed by atoms with Crippen molar-refractivity contribution in [3.8, 4) is 0 Å². The molecule has 0 aromatic heterocycles. The smallest absolute Gasteiger partial charge is 0.254 e. The average Bonchev–Trinajstić information content (AvgIpc) is 2.48. The summed E-state index contributed by atoms with van der Waals surface area (Å²) in [7, 11) is 1.67. The van der Waals surface area contributed by atoms with Gasteiger partial charge in [-0.2, -0.15) is 0 Å². The number of amides is 1. The van der Waals surface area contributed by atoms with Gasteiger partial charge in [-0.25, -0.2) is 4.39 Å². The van der Waals surface area contributed by atoms with Crippen molar-refractivity contribution < 1.29 is 9.18 Å². The molecular formula is C17H22FN3O. The molecule has 1 heterocycles. The van der Waals surface area contributed by atoms with Crippen molar-refractivity contribution in [2.45, 2.75) is 26.3 Å². The number of halogens is 1. The van der Waals surface area contributed by atoms with Crippen molar-refractivity contribution in [1.29, 1.82) is 0 Å². The van der Waals surface area contributed by atoms with Gasteiger partial charge in [0.1, 0.15) is 5.82 Å². The molecule has 1 aliphatic heterocycles. The minimum atomic E-state index is -0.389. The topological polar surface area (TPSA) is 58.7 Å². The number of benzene rings is 1. The Morgan fingerprint density at radius 1 is 1.55 bits per heavy atom. The van der Waals surface area contributed by atoms with Gasteiger partial charge in [-0.15, -0.1) is 0 Å². The van der Waals surface area contributed by atoms with Gasteiger partial charge < -0.3 is 10.6 Å². The summed E-state index contributed by atoms with van der Waals surface area (Å²) < 4.78 is 13.5. The van der Waals surface area contributed by atoms with Crippen LogP contribution in [0.15, 0.2) is 35.0 Å². The normalized spacial score (nSPS) is 19.1. The highest BCUT2D eigenvalue weighted by atomic mass is 19.1. The molecule has 0 radical (unpaired) electrons. The first-order valence-corrected chi connectivity index (χ1v) is 7.41. The minimum Gasteiger partial charge on any atom is -0.404 e. The molecule has 4 nitrogen and oxygen atoms in total. The second-order valence-electron chi connectivity index (χ2n) is 5.93. The molecule has 0 bridgehead atoms. The number of rotatable bonds is 4. The largest absolute Gasteiger partial charge is 0.404 e. The molecule has 5 heteroatoms. The van der Waals surface area contributed by atoms with Crippen molar-refractivity contribution in [3.05, 3.63) is 46.9 Å². The van der Waals surface area contributed by atoms with E-state index in [9.17, 15) is 9.18 Å². The fourth-order valence-electron chi connectivity index (χ4n) is 2.83. The van der Waals surface area contributed by atoms with E-state index in [0.717, 1.165) is 11.1 Å². The van der Waals surface area contributed by atoms with E-state index in [0.29, 0.717) is 24.4 Å². The van der Waals surface area contributed by atoms with Gasteiger partial charge in [0.25, 0.3) is 5.91 Å². The van der Waals surface area contributed by atoms with Crippen LogP contribution in [-0.4, -0.2) is 36.7 Å². The Kier molecular flexibility index (Phi) is 4.96. The van der Waals surface area contributed by atoms with Crippen molar-refractivity contribution in [2.24, 2.45) is 16.6 Å². The molecule has 2 N–H and O–H groups in total. The zero-order chi connectivity index (χ0) is 16.3. The first-order chi connectivity index (χ1) is 10.5. The summed E-state index contributed by atoms with van der Waals surface area (Å²) in [6, 6.07) is 4.23. The highest BCUT2D eigenvalue weighted by Gasteiger charge is 2.34. The second-order valence-corrected chi connectivity index (χ2v) is 5.93. The van der Waals surface area contributed by atoms with Gasteiger partial charge in [0, 0.05) is 37.1 Å². The van der Waals surface area contributed by atoms with Crippen LogP contribution < -0.4 is 5.73 Å². The lowest BCUT2D eigenvalue weighted by molar-refractivity contribution is 0.0660. The fourth-order valence-corrected chi connectivity index (χ4v) is 2.83. The molecule has 1 aromatic rings. The first kappa shape index (κ1) is 16.2. The van der Waals surface area contributed by atoms with Crippen LogP contribution in [-0.2, 0) is 6.42 Å². The summed E-state index contributed by atoms with van der Waals surface area (Å²) in [6.07, 6.45) is 3.79. The second kappa shape index (κ2) is 6.73. The van der Waals surface area contributed by atoms with Gasteiger partial charge in [-0.3, -0.25) is 9.79 Å². The van der Waals surface area contributed by atoms with Crippen LogP contribution >= 0.6 is 0 Å². The SMILES string of the molecule is CN=CC(=CN)[C@@H]1Cc2ccc(F)cc2C(=O)N1CC(C)C. The predicted molar refractivity (Wildman–Crippen MR) is 86.5 cm³/mol. The molecule has 0 spiro atoms. The zero-order valence-corrected chi connectivity index (χ0v) is 13.2. The fraction of sp³-hybridized carbons (Fsp3) is 0.412. The first-order valence-electron chi connectivity index (χ1n) is 7.41. The van der Waals surface area contributed by atoms with Crippen LogP contribution in [0.4, 0.5) is 4.39 Å². The van der Waals surface area contributed by atoms with Crippen LogP contribution in [0.2, 0.25) is 0 Å². The molecule has 0 aliphatic carbocycles. The third kappa shape index (κ3) is 3.18. The maximum Gasteiger partial charge on any atom is 0.254 e. The molecule has 1 atom stereocenters. The third-order valence-electron chi connectivity index (χ3n) is 3.77. The van der Waals surface area contributed by atoms with Crippen LogP contribution in [0, 0.1) is 11.7 Å². The monoisotopic (exact) mass is 303 g/mol. The zero-order valence-electron chi connectivity index (χ0n) is 13.2. The summed E-state index contributed by atoms with van der Waals surface area (Å²) >= 11 is 0. The summed E-state index contributed by atoms with van der Waals surface area (Å²) in [5.41, 5.74) is 7.81. The highest BCUT2D eigenvalue weighted by molar-refractivity contribution is 5.98. The van der Waals surface area contributed by atoms with Crippen molar-refractivity contribution in [1.82, 2.24) is 4.90 Å². The Balaban J connectivity index is 2.48. The quantitative estimate of drug-likeness (QED) is 0.868. The highest BCUT2D eigenvalue weighted by Crippen LogP contribution is 2.28. The number of hydrogen-bond donors (Lipinski definition) is 1. The van der Waals surface area contributed by atoms with E-state index in [-0.39, 0.29) is 17.8 Å². The average molecular weight is 303 g/mol. The van der Waals surface area contributed by atoms with E-state index in [2.05, 4.69) is 4.99 Å². The van der Waals surface area contributed by atoms with Gasteiger partial charge >= 0.3 is 0 Å². The lowest BCUT2D eigenvalue weighted by Crippen LogP contribution is -2.48. The van der Waals surface area contributed by atoms with Crippen LogP contribution in [0.25, 0.3) is 0 Å².